The second kappa shape index (κ2) is 8.29. The lowest BCUT2D eigenvalue weighted by molar-refractivity contribution is 0.0952. The summed E-state index contributed by atoms with van der Waals surface area (Å²) in [6.45, 7) is 2.73. The molecule has 0 radical (unpaired) electrons. The minimum Gasteiger partial charge on any atom is -0.396 e. The minimum absolute atomic E-state index is 0.109. The summed E-state index contributed by atoms with van der Waals surface area (Å²) in [7, 11) is 0. The number of hydrogen-bond acceptors (Lipinski definition) is 4. The summed E-state index contributed by atoms with van der Waals surface area (Å²) < 4.78 is 1.66. The smallest absolute Gasteiger partial charge is 0.254 e. The van der Waals surface area contributed by atoms with E-state index in [4.69, 9.17) is 5.11 Å². The maximum Gasteiger partial charge on any atom is 0.254 e. The van der Waals surface area contributed by atoms with Crippen LogP contribution in [0.4, 0.5) is 0 Å². The van der Waals surface area contributed by atoms with Crippen molar-refractivity contribution >= 4 is 5.91 Å². The predicted octanol–water partition coefficient (Wildman–Crippen LogP) is 1.86. The average Bonchev–Trinajstić information content (AvgIpc) is 2.93. The first-order valence-electron chi connectivity index (χ1n) is 7.59. The highest BCUT2D eigenvalue weighted by molar-refractivity contribution is 5.95. The molecule has 0 fully saturated rings. The lowest BCUT2D eigenvalue weighted by Gasteiger charge is -2.06. The van der Waals surface area contributed by atoms with Gasteiger partial charge in [-0.15, -0.1) is 0 Å². The Bertz CT molecular complexity index is 595. The zero-order valence-electron chi connectivity index (χ0n) is 12.8. The van der Waals surface area contributed by atoms with Crippen LogP contribution in [-0.4, -0.2) is 38.9 Å². The van der Waals surface area contributed by atoms with E-state index in [0.29, 0.717) is 17.9 Å². The molecule has 0 spiro atoms. The van der Waals surface area contributed by atoms with E-state index < -0.39 is 0 Å². The monoisotopic (exact) mass is 302 g/mol. The fourth-order valence-electron chi connectivity index (χ4n) is 2.23. The van der Waals surface area contributed by atoms with Gasteiger partial charge >= 0.3 is 0 Å². The predicted molar refractivity (Wildman–Crippen MR) is 84.0 cm³/mol. The van der Waals surface area contributed by atoms with Gasteiger partial charge in [0.15, 0.2) is 5.82 Å². The SMILES string of the molecule is Cc1c(C(=O)NCCCCCCO)cnn1-c1ccccn1. The van der Waals surface area contributed by atoms with Crippen molar-refractivity contribution in [3.63, 3.8) is 0 Å². The van der Waals surface area contributed by atoms with Crippen molar-refractivity contribution in [1.29, 1.82) is 0 Å². The molecule has 2 rings (SSSR count). The Morgan fingerprint density at radius 1 is 1.27 bits per heavy atom. The van der Waals surface area contributed by atoms with Crippen LogP contribution in [0.2, 0.25) is 0 Å². The van der Waals surface area contributed by atoms with Crippen molar-refractivity contribution in [3.05, 3.63) is 41.9 Å². The number of aromatic nitrogens is 3. The Labute approximate surface area is 130 Å². The van der Waals surface area contributed by atoms with Crippen LogP contribution >= 0.6 is 0 Å². The molecule has 0 unspecified atom stereocenters. The number of pyridine rings is 1. The van der Waals surface area contributed by atoms with Gasteiger partial charge in [-0.25, -0.2) is 9.67 Å². The van der Waals surface area contributed by atoms with Gasteiger partial charge in [0.05, 0.1) is 17.5 Å². The Balaban J connectivity index is 1.90. The lowest BCUT2D eigenvalue weighted by Crippen LogP contribution is -2.25. The van der Waals surface area contributed by atoms with Gasteiger partial charge in [0.1, 0.15) is 0 Å². The van der Waals surface area contributed by atoms with E-state index in [-0.39, 0.29) is 12.5 Å². The van der Waals surface area contributed by atoms with Crippen LogP contribution in [0.25, 0.3) is 5.82 Å². The van der Waals surface area contributed by atoms with Crippen LogP contribution in [0, 0.1) is 6.92 Å². The highest BCUT2D eigenvalue weighted by Gasteiger charge is 2.14. The van der Waals surface area contributed by atoms with Crippen LogP contribution in [0.5, 0.6) is 0 Å². The zero-order valence-corrected chi connectivity index (χ0v) is 12.8. The Morgan fingerprint density at radius 2 is 2.09 bits per heavy atom. The molecule has 0 aliphatic carbocycles. The second-order valence-electron chi connectivity index (χ2n) is 5.14. The fraction of sp³-hybridized carbons (Fsp3) is 0.438. The van der Waals surface area contributed by atoms with E-state index in [9.17, 15) is 4.79 Å². The average molecular weight is 302 g/mol. The molecular formula is C16H22N4O2. The van der Waals surface area contributed by atoms with Crippen molar-refractivity contribution < 1.29 is 9.90 Å². The number of hydrogen-bond donors (Lipinski definition) is 2. The highest BCUT2D eigenvalue weighted by atomic mass is 16.2. The minimum atomic E-state index is -0.109. The van der Waals surface area contributed by atoms with Crippen LogP contribution in [-0.2, 0) is 0 Å². The summed E-state index contributed by atoms with van der Waals surface area (Å²) in [6, 6.07) is 5.57. The third-order valence-electron chi connectivity index (χ3n) is 3.49. The van der Waals surface area contributed by atoms with Gasteiger partial charge in [-0.3, -0.25) is 4.79 Å². The first kappa shape index (κ1) is 16.2. The summed E-state index contributed by atoms with van der Waals surface area (Å²) >= 11 is 0. The number of aliphatic hydroxyl groups excluding tert-OH is 1. The molecule has 6 nitrogen and oxygen atoms in total. The number of rotatable bonds is 8. The molecule has 0 saturated heterocycles. The van der Waals surface area contributed by atoms with E-state index in [1.54, 1.807) is 17.1 Å². The zero-order chi connectivity index (χ0) is 15.8. The molecule has 2 heterocycles. The molecular weight excluding hydrogens is 280 g/mol. The quantitative estimate of drug-likeness (QED) is 0.729. The number of nitrogens with one attached hydrogen (secondary N) is 1. The fourth-order valence-corrected chi connectivity index (χ4v) is 2.23. The highest BCUT2D eigenvalue weighted by Crippen LogP contribution is 2.12. The first-order chi connectivity index (χ1) is 10.7. The number of nitrogens with zero attached hydrogens (tertiary/aromatic N) is 3. The van der Waals surface area contributed by atoms with Gasteiger partial charge in [0.2, 0.25) is 0 Å². The van der Waals surface area contributed by atoms with E-state index in [1.807, 2.05) is 25.1 Å². The summed E-state index contributed by atoms with van der Waals surface area (Å²) in [5.41, 5.74) is 1.34. The Hall–Kier alpha value is -2.21. The number of aliphatic hydroxyl groups is 1. The molecule has 0 bridgehead atoms. The van der Waals surface area contributed by atoms with Crippen molar-refractivity contribution in [2.75, 3.05) is 13.2 Å². The molecule has 2 aromatic rings. The molecule has 2 N–H and O–H groups in total. The summed E-state index contributed by atoms with van der Waals surface area (Å²) in [6.07, 6.45) is 7.01. The van der Waals surface area contributed by atoms with E-state index >= 15 is 0 Å². The third kappa shape index (κ3) is 4.14. The van der Waals surface area contributed by atoms with Gasteiger partial charge in [-0.05, 0) is 31.9 Å². The van der Waals surface area contributed by atoms with E-state index in [0.717, 1.165) is 31.4 Å². The van der Waals surface area contributed by atoms with Gasteiger partial charge in [-0.2, -0.15) is 5.10 Å². The standard InChI is InChI=1S/C16H22N4O2/c1-13-14(16(22)18-10-5-2-3-7-11-21)12-19-20(13)15-8-4-6-9-17-15/h4,6,8-9,12,21H,2-3,5,7,10-11H2,1H3,(H,18,22). The second-order valence-corrected chi connectivity index (χ2v) is 5.14. The van der Waals surface area contributed by atoms with Crippen molar-refractivity contribution in [2.24, 2.45) is 0 Å². The van der Waals surface area contributed by atoms with Crippen molar-refractivity contribution in [2.45, 2.75) is 32.6 Å². The van der Waals surface area contributed by atoms with Crippen LogP contribution in [0.15, 0.2) is 30.6 Å². The Morgan fingerprint density at radius 3 is 2.82 bits per heavy atom. The normalized spacial score (nSPS) is 10.6. The van der Waals surface area contributed by atoms with E-state index in [2.05, 4.69) is 15.4 Å². The molecule has 0 saturated carbocycles. The van der Waals surface area contributed by atoms with Gasteiger partial charge in [-0.1, -0.05) is 18.9 Å². The van der Waals surface area contributed by atoms with Gasteiger partial charge in [0, 0.05) is 19.3 Å². The molecule has 118 valence electrons. The van der Waals surface area contributed by atoms with Crippen LogP contribution in [0.3, 0.4) is 0 Å². The van der Waals surface area contributed by atoms with Crippen LogP contribution < -0.4 is 5.32 Å². The van der Waals surface area contributed by atoms with Gasteiger partial charge < -0.3 is 10.4 Å². The molecule has 6 heteroatoms. The van der Waals surface area contributed by atoms with Crippen LogP contribution in [0.1, 0.15) is 41.7 Å². The molecule has 1 amide bonds. The molecule has 22 heavy (non-hydrogen) atoms. The summed E-state index contributed by atoms with van der Waals surface area (Å²) in [4.78, 5) is 16.4. The molecule has 0 aliphatic heterocycles. The van der Waals surface area contributed by atoms with E-state index in [1.165, 1.54) is 0 Å². The number of carbonyl (C=O) groups excluding carboxylic acids is 1. The Kier molecular flexibility index (Phi) is 6.09. The summed E-state index contributed by atoms with van der Waals surface area (Å²) in [5.74, 6) is 0.588. The summed E-state index contributed by atoms with van der Waals surface area (Å²) in [5, 5.41) is 15.9. The number of amides is 1. The van der Waals surface area contributed by atoms with Crippen molar-refractivity contribution in [1.82, 2.24) is 20.1 Å². The van der Waals surface area contributed by atoms with Gasteiger partial charge in [0.25, 0.3) is 5.91 Å². The lowest BCUT2D eigenvalue weighted by atomic mass is 10.2. The maximum atomic E-state index is 12.2. The third-order valence-corrected chi connectivity index (χ3v) is 3.49. The molecule has 0 aliphatic rings. The topological polar surface area (TPSA) is 80.0 Å². The first-order valence-corrected chi connectivity index (χ1v) is 7.59. The molecule has 0 atom stereocenters. The molecule has 0 aromatic carbocycles. The number of unbranched alkanes of at least 4 members (excludes halogenated alkanes) is 3. The number of carbonyl (C=O) groups is 1. The molecule has 2 aromatic heterocycles. The largest absolute Gasteiger partial charge is 0.396 e. The van der Waals surface area contributed by atoms with Crippen molar-refractivity contribution in [3.8, 4) is 5.82 Å². The maximum absolute atomic E-state index is 12.2.